The third kappa shape index (κ3) is 4.13. The molecule has 4 rings (SSSR count). The number of para-hydroxylation sites is 1. The SMILES string of the molecule is CC(C)N1CCC2(CC1)N=C(c1cc(Cl)ccc1O)C[C@H](c1ccccc1O)N2. The zero-order valence-electron chi connectivity index (χ0n) is 16.9. The Hall–Kier alpha value is -2.08. The number of piperidine rings is 1. The lowest BCUT2D eigenvalue weighted by atomic mass is 9.87. The summed E-state index contributed by atoms with van der Waals surface area (Å²) in [6, 6.07) is 12.9. The molecular formula is C23H28ClN3O2. The van der Waals surface area contributed by atoms with Crippen LogP contribution in [-0.2, 0) is 0 Å². The molecule has 1 fully saturated rings. The Morgan fingerprint density at radius 1 is 1.10 bits per heavy atom. The molecule has 1 saturated heterocycles. The van der Waals surface area contributed by atoms with E-state index < -0.39 is 5.66 Å². The highest BCUT2D eigenvalue weighted by atomic mass is 35.5. The van der Waals surface area contributed by atoms with E-state index in [1.165, 1.54) is 0 Å². The normalized spacial score (nSPS) is 22.1. The number of likely N-dealkylation sites (tertiary alicyclic amines) is 1. The van der Waals surface area contributed by atoms with E-state index in [0.29, 0.717) is 23.0 Å². The van der Waals surface area contributed by atoms with Crippen LogP contribution in [0.2, 0.25) is 5.02 Å². The fourth-order valence-electron chi connectivity index (χ4n) is 4.45. The van der Waals surface area contributed by atoms with Crippen LogP contribution in [0.4, 0.5) is 0 Å². The largest absolute Gasteiger partial charge is 0.508 e. The summed E-state index contributed by atoms with van der Waals surface area (Å²) >= 11 is 6.22. The zero-order valence-corrected chi connectivity index (χ0v) is 17.7. The Bertz CT molecular complexity index is 920. The molecule has 1 spiro atoms. The molecule has 2 aromatic carbocycles. The van der Waals surface area contributed by atoms with Crippen molar-refractivity contribution in [2.45, 2.75) is 50.9 Å². The molecule has 2 heterocycles. The molecule has 0 bridgehead atoms. The van der Waals surface area contributed by atoms with Gasteiger partial charge in [-0.3, -0.25) is 10.3 Å². The number of halogens is 1. The van der Waals surface area contributed by atoms with Crippen molar-refractivity contribution in [3.8, 4) is 11.5 Å². The summed E-state index contributed by atoms with van der Waals surface area (Å²) in [5.41, 5.74) is 1.94. The predicted octanol–water partition coefficient (Wildman–Crippen LogP) is 4.48. The van der Waals surface area contributed by atoms with Crippen molar-refractivity contribution < 1.29 is 10.2 Å². The van der Waals surface area contributed by atoms with Gasteiger partial charge in [0.15, 0.2) is 0 Å². The molecule has 0 aliphatic carbocycles. The molecule has 2 aliphatic heterocycles. The summed E-state index contributed by atoms with van der Waals surface area (Å²) in [5, 5.41) is 25.2. The van der Waals surface area contributed by atoms with Gasteiger partial charge in [-0.2, -0.15) is 0 Å². The minimum Gasteiger partial charge on any atom is -0.508 e. The van der Waals surface area contributed by atoms with Crippen molar-refractivity contribution >= 4 is 17.3 Å². The van der Waals surface area contributed by atoms with Gasteiger partial charge in [0.05, 0.1) is 0 Å². The molecule has 3 N–H and O–H groups in total. The molecule has 0 radical (unpaired) electrons. The number of aliphatic imine (C=N–C) groups is 1. The molecule has 5 nitrogen and oxygen atoms in total. The van der Waals surface area contributed by atoms with Gasteiger partial charge in [-0.15, -0.1) is 0 Å². The van der Waals surface area contributed by atoms with Gasteiger partial charge in [0.25, 0.3) is 0 Å². The molecule has 2 aliphatic rings. The van der Waals surface area contributed by atoms with Crippen LogP contribution in [-0.4, -0.2) is 45.6 Å². The first-order chi connectivity index (χ1) is 13.9. The number of rotatable bonds is 3. The molecule has 2 aromatic rings. The van der Waals surface area contributed by atoms with Crippen molar-refractivity contribution in [2.24, 2.45) is 4.99 Å². The van der Waals surface area contributed by atoms with Crippen LogP contribution < -0.4 is 5.32 Å². The second-order valence-corrected chi connectivity index (χ2v) is 8.78. The highest BCUT2D eigenvalue weighted by Crippen LogP contribution is 2.39. The maximum absolute atomic E-state index is 10.5. The summed E-state index contributed by atoms with van der Waals surface area (Å²) in [4.78, 5) is 7.58. The first-order valence-electron chi connectivity index (χ1n) is 10.2. The van der Waals surface area contributed by atoms with Crippen LogP contribution in [0.5, 0.6) is 11.5 Å². The maximum Gasteiger partial charge on any atom is 0.124 e. The average molecular weight is 414 g/mol. The average Bonchev–Trinajstić information content (AvgIpc) is 2.70. The topological polar surface area (TPSA) is 68.1 Å². The smallest absolute Gasteiger partial charge is 0.124 e. The summed E-state index contributed by atoms with van der Waals surface area (Å²) in [7, 11) is 0. The second kappa shape index (κ2) is 7.98. The van der Waals surface area contributed by atoms with E-state index in [1.807, 2.05) is 18.2 Å². The van der Waals surface area contributed by atoms with Crippen LogP contribution in [0, 0.1) is 0 Å². The Labute approximate surface area is 177 Å². The third-order valence-electron chi connectivity index (χ3n) is 6.13. The summed E-state index contributed by atoms with van der Waals surface area (Å²) in [6.45, 7) is 6.35. The molecule has 6 heteroatoms. The fraction of sp³-hybridized carbons (Fsp3) is 0.435. The van der Waals surface area contributed by atoms with Gasteiger partial charge in [0, 0.05) is 53.5 Å². The molecule has 0 unspecified atom stereocenters. The van der Waals surface area contributed by atoms with Gasteiger partial charge in [0.2, 0.25) is 0 Å². The van der Waals surface area contributed by atoms with Crippen molar-refractivity contribution in [2.75, 3.05) is 13.1 Å². The van der Waals surface area contributed by atoms with Gasteiger partial charge in [-0.05, 0) is 51.0 Å². The van der Waals surface area contributed by atoms with Crippen molar-refractivity contribution in [3.05, 3.63) is 58.6 Å². The molecule has 154 valence electrons. The van der Waals surface area contributed by atoms with Gasteiger partial charge in [-0.25, -0.2) is 0 Å². The lowest BCUT2D eigenvalue weighted by molar-refractivity contribution is 0.103. The predicted molar refractivity (Wildman–Crippen MR) is 117 cm³/mol. The number of nitrogens with one attached hydrogen (secondary N) is 1. The fourth-order valence-corrected chi connectivity index (χ4v) is 4.62. The van der Waals surface area contributed by atoms with Gasteiger partial charge in [-0.1, -0.05) is 29.8 Å². The van der Waals surface area contributed by atoms with E-state index in [9.17, 15) is 10.2 Å². The minimum absolute atomic E-state index is 0.0901. The number of aromatic hydroxyl groups is 2. The number of phenols is 2. The van der Waals surface area contributed by atoms with Crippen LogP contribution in [0.15, 0.2) is 47.5 Å². The molecular weight excluding hydrogens is 386 g/mol. The van der Waals surface area contributed by atoms with E-state index in [4.69, 9.17) is 16.6 Å². The number of hydrogen-bond donors (Lipinski definition) is 3. The molecule has 1 atom stereocenters. The Balaban J connectivity index is 1.74. The monoisotopic (exact) mass is 413 g/mol. The standard InChI is InChI=1S/C23H28ClN3O2/c1-15(2)27-11-9-23(10-12-27)25-19(17-5-3-4-6-21(17)28)14-20(26-23)18-13-16(24)7-8-22(18)29/h3-8,13,15,19,25,28-29H,9-12,14H2,1-2H3/t19-/m1/s1. The second-order valence-electron chi connectivity index (χ2n) is 8.34. The van der Waals surface area contributed by atoms with E-state index in [2.05, 4.69) is 24.1 Å². The third-order valence-corrected chi connectivity index (χ3v) is 6.36. The highest BCUT2D eigenvalue weighted by Gasteiger charge is 2.41. The van der Waals surface area contributed by atoms with Gasteiger partial charge >= 0.3 is 0 Å². The Kier molecular flexibility index (Phi) is 5.56. The van der Waals surface area contributed by atoms with Crippen molar-refractivity contribution in [1.29, 1.82) is 0 Å². The number of benzene rings is 2. The number of phenolic OH excluding ortho intramolecular Hbond substituents is 2. The van der Waals surface area contributed by atoms with Crippen LogP contribution in [0.1, 0.15) is 50.3 Å². The minimum atomic E-state index is -0.416. The Morgan fingerprint density at radius 3 is 2.52 bits per heavy atom. The van der Waals surface area contributed by atoms with E-state index in [1.54, 1.807) is 24.3 Å². The zero-order chi connectivity index (χ0) is 20.6. The quantitative estimate of drug-likeness (QED) is 0.694. The van der Waals surface area contributed by atoms with Crippen LogP contribution in [0.25, 0.3) is 0 Å². The molecule has 0 saturated carbocycles. The lowest BCUT2D eigenvalue weighted by Gasteiger charge is -2.46. The van der Waals surface area contributed by atoms with Crippen molar-refractivity contribution in [3.63, 3.8) is 0 Å². The van der Waals surface area contributed by atoms with E-state index in [0.717, 1.165) is 37.2 Å². The first-order valence-corrected chi connectivity index (χ1v) is 10.6. The van der Waals surface area contributed by atoms with Crippen LogP contribution in [0.3, 0.4) is 0 Å². The van der Waals surface area contributed by atoms with E-state index in [-0.39, 0.29) is 17.5 Å². The molecule has 0 aromatic heterocycles. The number of hydrogen-bond acceptors (Lipinski definition) is 5. The summed E-state index contributed by atoms with van der Waals surface area (Å²) in [6.07, 6.45) is 2.32. The lowest BCUT2D eigenvalue weighted by Crippen LogP contribution is -2.56. The van der Waals surface area contributed by atoms with Crippen molar-refractivity contribution in [1.82, 2.24) is 10.2 Å². The highest BCUT2D eigenvalue weighted by molar-refractivity contribution is 6.31. The molecule has 0 amide bonds. The van der Waals surface area contributed by atoms with Gasteiger partial charge in [0.1, 0.15) is 17.2 Å². The van der Waals surface area contributed by atoms with Crippen LogP contribution >= 0.6 is 11.6 Å². The summed E-state index contributed by atoms with van der Waals surface area (Å²) < 4.78 is 0. The van der Waals surface area contributed by atoms with E-state index >= 15 is 0 Å². The Morgan fingerprint density at radius 2 is 1.83 bits per heavy atom. The summed E-state index contributed by atoms with van der Waals surface area (Å²) in [5.74, 6) is 0.456. The number of nitrogens with zero attached hydrogens (tertiary/aromatic N) is 2. The van der Waals surface area contributed by atoms with Gasteiger partial charge < -0.3 is 15.1 Å². The first kappa shape index (κ1) is 20.2. The maximum atomic E-state index is 10.5. The molecule has 29 heavy (non-hydrogen) atoms.